The Hall–Kier alpha value is -2.78. The smallest absolute Gasteiger partial charge is 0.257 e. The first-order valence-corrected chi connectivity index (χ1v) is 10.7. The molecule has 1 heterocycles. The summed E-state index contributed by atoms with van der Waals surface area (Å²) in [6.07, 6.45) is 0. The molecule has 3 rings (SSSR count). The van der Waals surface area contributed by atoms with E-state index in [2.05, 4.69) is 20.2 Å². The third kappa shape index (κ3) is 4.89. The molecule has 140 valence electrons. The van der Waals surface area contributed by atoms with E-state index in [1.54, 1.807) is 31.2 Å². The fraction of sp³-hybridized carbons (Fsp3) is 0.167. The molecule has 0 radical (unpaired) electrons. The predicted molar refractivity (Wildman–Crippen MR) is 108 cm³/mol. The largest absolute Gasteiger partial charge is 0.296 e. The number of hydrogen-bond acceptors (Lipinski definition) is 6. The number of carbonyl (C=O) groups excluding carboxylic acids is 1. The molecule has 0 spiro atoms. The van der Waals surface area contributed by atoms with Crippen LogP contribution in [0.4, 0.5) is 10.8 Å². The van der Waals surface area contributed by atoms with E-state index < -0.39 is 10.0 Å². The minimum Gasteiger partial charge on any atom is -0.296 e. The van der Waals surface area contributed by atoms with Crippen molar-refractivity contribution in [1.29, 1.82) is 0 Å². The molecule has 0 bridgehead atoms. The number of anilines is 2. The number of benzene rings is 2. The number of carbonyl (C=O) groups is 1. The third-order valence-electron chi connectivity index (χ3n) is 3.74. The average molecular weight is 403 g/mol. The third-order valence-corrected chi connectivity index (χ3v) is 5.94. The molecule has 0 atom stereocenters. The molecule has 0 aliphatic heterocycles. The Bertz CT molecular complexity index is 1040. The Labute approximate surface area is 161 Å². The average Bonchev–Trinajstić information content (AvgIpc) is 3.11. The first-order valence-electron chi connectivity index (χ1n) is 8.19. The second-order valence-corrected chi connectivity index (χ2v) is 8.80. The van der Waals surface area contributed by atoms with Gasteiger partial charge >= 0.3 is 0 Å². The molecule has 3 aromatic rings. The van der Waals surface area contributed by atoms with Gasteiger partial charge in [-0.15, -0.1) is 10.2 Å². The Balaban J connectivity index is 1.68. The highest BCUT2D eigenvalue weighted by Crippen LogP contribution is 2.26. The van der Waals surface area contributed by atoms with Gasteiger partial charge in [0.25, 0.3) is 5.91 Å². The van der Waals surface area contributed by atoms with E-state index in [-0.39, 0.29) is 11.7 Å². The van der Waals surface area contributed by atoms with Crippen molar-refractivity contribution < 1.29 is 13.2 Å². The number of sulfonamides is 1. The van der Waals surface area contributed by atoms with Crippen LogP contribution in [0, 0.1) is 6.92 Å². The number of nitrogens with one attached hydrogen (secondary N) is 2. The van der Waals surface area contributed by atoms with Crippen LogP contribution in [-0.2, 0) is 10.0 Å². The van der Waals surface area contributed by atoms with Crippen LogP contribution in [0.3, 0.4) is 0 Å². The lowest BCUT2D eigenvalue weighted by molar-refractivity contribution is 0.102. The standard InChI is InChI=1S/C18H18N4O3S2/c1-3-27(24,25)22-15-10-8-13(9-11-15)16(23)19-18-21-20-17(26-18)14-6-4-12(2)5-7-14/h4-11,22H,3H2,1-2H3,(H,19,21,23). The lowest BCUT2D eigenvalue weighted by Gasteiger charge is -2.06. The molecular weight excluding hydrogens is 384 g/mol. The van der Waals surface area contributed by atoms with Crippen LogP contribution in [0.25, 0.3) is 10.6 Å². The maximum Gasteiger partial charge on any atom is 0.257 e. The van der Waals surface area contributed by atoms with Crippen LogP contribution in [0.2, 0.25) is 0 Å². The summed E-state index contributed by atoms with van der Waals surface area (Å²) in [6, 6.07) is 14.1. The molecule has 0 saturated carbocycles. The molecule has 2 N–H and O–H groups in total. The van der Waals surface area contributed by atoms with Gasteiger partial charge in [-0.1, -0.05) is 41.2 Å². The van der Waals surface area contributed by atoms with Crippen LogP contribution < -0.4 is 10.0 Å². The Morgan fingerprint density at radius 2 is 1.70 bits per heavy atom. The minimum absolute atomic E-state index is 0.0183. The van der Waals surface area contributed by atoms with E-state index in [4.69, 9.17) is 0 Å². The van der Waals surface area contributed by atoms with Crippen molar-refractivity contribution in [3.8, 4) is 10.6 Å². The normalized spacial score (nSPS) is 11.2. The number of aromatic nitrogens is 2. The molecule has 1 aromatic heterocycles. The van der Waals surface area contributed by atoms with Crippen molar-refractivity contribution in [1.82, 2.24) is 10.2 Å². The zero-order valence-corrected chi connectivity index (χ0v) is 16.4. The lowest BCUT2D eigenvalue weighted by atomic mass is 10.2. The first kappa shape index (κ1) is 19.0. The summed E-state index contributed by atoms with van der Waals surface area (Å²) < 4.78 is 25.6. The van der Waals surface area contributed by atoms with E-state index in [0.29, 0.717) is 16.4 Å². The van der Waals surface area contributed by atoms with E-state index in [1.807, 2.05) is 31.2 Å². The van der Waals surface area contributed by atoms with Gasteiger partial charge in [0.1, 0.15) is 5.01 Å². The molecule has 0 fully saturated rings. The summed E-state index contributed by atoms with van der Waals surface area (Å²) >= 11 is 1.28. The molecule has 0 aliphatic carbocycles. The van der Waals surface area contributed by atoms with Gasteiger partial charge in [-0.3, -0.25) is 14.8 Å². The van der Waals surface area contributed by atoms with Crippen LogP contribution in [0.5, 0.6) is 0 Å². The molecular formula is C18H18N4O3S2. The molecule has 7 nitrogen and oxygen atoms in total. The number of rotatable bonds is 6. The van der Waals surface area contributed by atoms with Crippen LogP contribution in [0.15, 0.2) is 48.5 Å². The monoisotopic (exact) mass is 402 g/mol. The topological polar surface area (TPSA) is 101 Å². The maximum atomic E-state index is 12.3. The van der Waals surface area contributed by atoms with Crippen molar-refractivity contribution in [3.05, 3.63) is 59.7 Å². The number of hydrogen-bond donors (Lipinski definition) is 2. The van der Waals surface area contributed by atoms with Crippen molar-refractivity contribution in [3.63, 3.8) is 0 Å². The van der Waals surface area contributed by atoms with Gasteiger partial charge in [0.05, 0.1) is 5.75 Å². The van der Waals surface area contributed by atoms with Crippen LogP contribution in [-0.4, -0.2) is 30.3 Å². The van der Waals surface area contributed by atoms with E-state index >= 15 is 0 Å². The molecule has 2 aromatic carbocycles. The van der Waals surface area contributed by atoms with Gasteiger partial charge < -0.3 is 0 Å². The highest BCUT2D eigenvalue weighted by molar-refractivity contribution is 7.92. The van der Waals surface area contributed by atoms with Crippen molar-refractivity contribution >= 4 is 38.1 Å². The van der Waals surface area contributed by atoms with Crippen molar-refractivity contribution in [2.24, 2.45) is 0 Å². The highest BCUT2D eigenvalue weighted by Gasteiger charge is 2.12. The summed E-state index contributed by atoms with van der Waals surface area (Å²) in [5.41, 5.74) is 2.89. The van der Waals surface area contributed by atoms with Crippen molar-refractivity contribution in [2.75, 3.05) is 15.8 Å². The zero-order valence-electron chi connectivity index (χ0n) is 14.8. The number of aryl methyl sites for hydroxylation is 1. The Kier molecular flexibility index (Phi) is 5.52. The van der Waals surface area contributed by atoms with Gasteiger partial charge in [0.2, 0.25) is 15.2 Å². The predicted octanol–water partition coefficient (Wildman–Crippen LogP) is 3.53. The fourth-order valence-corrected chi connectivity index (χ4v) is 3.58. The zero-order chi connectivity index (χ0) is 19.4. The molecule has 1 amide bonds. The van der Waals surface area contributed by atoms with Crippen molar-refractivity contribution in [2.45, 2.75) is 13.8 Å². The number of amides is 1. The Morgan fingerprint density at radius 1 is 1.04 bits per heavy atom. The summed E-state index contributed by atoms with van der Waals surface area (Å²) in [5, 5.41) is 11.9. The fourth-order valence-electron chi connectivity index (χ4n) is 2.20. The summed E-state index contributed by atoms with van der Waals surface area (Å²) in [5.74, 6) is -0.359. The summed E-state index contributed by atoms with van der Waals surface area (Å²) in [6.45, 7) is 3.56. The molecule has 0 unspecified atom stereocenters. The molecule has 27 heavy (non-hydrogen) atoms. The van der Waals surface area contributed by atoms with E-state index in [9.17, 15) is 13.2 Å². The quantitative estimate of drug-likeness (QED) is 0.657. The number of nitrogens with zero attached hydrogens (tertiary/aromatic N) is 2. The molecule has 9 heteroatoms. The van der Waals surface area contributed by atoms with Gasteiger partial charge in [-0.05, 0) is 38.1 Å². The second kappa shape index (κ2) is 7.85. The molecule has 0 saturated heterocycles. The lowest BCUT2D eigenvalue weighted by Crippen LogP contribution is -2.15. The Morgan fingerprint density at radius 3 is 2.33 bits per heavy atom. The summed E-state index contributed by atoms with van der Waals surface area (Å²) in [7, 11) is -3.35. The second-order valence-electron chi connectivity index (χ2n) is 5.82. The highest BCUT2D eigenvalue weighted by atomic mass is 32.2. The van der Waals surface area contributed by atoms with Gasteiger partial charge in [0, 0.05) is 16.8 Å². The van der Waals surface area contributed by atoms with Crippen LogP contribution >= 0.6 is 11.3 Å². The SMILES string of the molecule is CCS(=O)(=O)Nc1ccc(C(=O)Nc2nnc(-c3ccc(C)cc3)s2)cc1. The van der Waals surface area contributed by atoms with E-state index in [1.165, 1.54) is 11.3 Å². The van der Waals surface area contributed by atoms with Gasteiger partial charge in [0.15, 0.2) is 0 Å². The first-order chi connectivity index (χ1) is 12.9. The maximum absolute atomic E-state index is 12.3. The minimum atomic E-state index is -3.35. The van der Waals surface area contributed by atoms with E-state index in [0.717, 1.165) is 16.1 Å². The van der Waals surface area contributed by atoms with Gasteiger partial charge in [-0.25, -0.2) is 8.42 Å². The van der Waals surface area contributed by atoms with Gasteiger partial charge in [-0.2, -0.15) is 0 Å². The van der Waals surface area contributed by atoms with Crippen LogP contribution in [0.1, 0.15) is 22.8 Å². The summed E-state index contributed by atoms with van der Waals surface area (Å²) in [4.78, 5) is 12.3. The molecule has 0 aliphatic rings.